The van der Waals surface area contributed by atoms with Crippen LogP contribution >= 0.6 is 0 Å². The van der Waals surface area contributed by atoms with Gasteiger partial charge >= 0.3 is 0 Å². The quantitative estimate of drug-likeness (QED) is 0.847. The lowest BCUT2D eigenvalue weighted by Crippen LogP contribution is -2.40. The van der Waals surface area contributed by atoms with Crippen LogP contribution in [0.2, 0.25) is 0 Å². The Kier molecular flexibility index (Phi) is 5.10. The van der Waals surface area contributed by atoms with E-state index in [1.54, 1.807) is 0 Å². The lowest BCUT2D eigenvalue weighted by atomic mass is 9.86. The van der Waals surface area contributed by atoms with Crippen LogP contribution in [0.25, 0.3) is 0 Å². The lowest BCUT2D eigenvalue weighted by molar-refractivity contribution is 0.531. The fourth-order valence-electron chi connectivity index (χ4n) is 1.68. The first kappa shape index (κ1) is 16.5. The summed E-state index contributed by atoms with van der Waals surface area (Å²) < 4.78 is 15.0. The molecule has 0 spiro atoms. The van der Waals surface area contributed by atoms with Crippen molar-refractivity contribution in [2.24, 2.45) is 0 Å². The standard InChI is InChI=1S/C16H27NOS/c1-12(17-19(18)16(5,6)7)13-8-10-14(11-9-13)15(2,3)4/h8-12,17H,1-7H3/t12-,19-/m0/s1. The van der Waals surface area contributed by atoms with Crippen molar-refractivity contribution in [2.75, 3.05) is 0 Å². The minimum atomic E-state index is -1.04. The van der Waals surface area contributed by atoms with Gasteiger partial charge < -0.3 is 4.55 Å². The lowest BCUT2D eigenvalue weighted by Gasteiger charge is -2.27. The van der Waals surface area contributed by atoms with Gasteiger partial charge in [-0.05, 0) is 44.2 Å². The van der Waals surface area contributed by atoms with Gasteiger partial charge in [0, 0.05) is 11.4 Å². The second-order valence-corrected chi connectivity index (χ2v) is 9.09. The average molecular weight is 281 g/mol. The van der Waals surface area contributed by atoms with Crippen molar-refractivity contribution >= 4 is 11.4 Å². The van der Waals surface area contributed by atoms with E-state index in [4.69, 9.17) is 0 Å². The summed E-state index contributed by atoms with van der Waals surface area (Å²) >= 11 is -1.04. The molecule has 0 aliphatic heterocycles. The normalized spacial score (nSPS) is 16.2. The molecule has 0 radical (unpaired) electrons. The maximum Gasteiger partial charge on any atom is 0.136 e. The summed E-state index contributed by atoms with van der Waals surface area (Å²) in [6.45, 7) is 14.6. The molecule has 1 aromatic rings. The number of nitrogens with one attached hydrogen (secondary N) is 1. The molecule has 0 saturated carbocycles. The second kappa shape index (κ2) is 5.86. The Labute approximate surface area is 121 Å². The van der Waals surface area contributed by atoms with Gasteiger partial charge in [-0.15, -0.1) is 4.72 Å². The third-order valence-electron chi connectivity index (χ3n) is 3.12. The molecule has 0 heterocycles. The van der Waals surface area contributed by atoms with Crippen molar-refractivity contribution in [3.8, 4) is 0 Å². The molecule has 3 heteroatoms. The van der Waals surface area contributed by atoms with E-state index in [9.17, 15) is 4.55 Å². The second-order valence-electron chi connectivity index (χ2n) is 7.09. The molecule has 0 bridgehead atoms. The first-order valence-electron chi connectivity index (χ1n) is 6.80. The SMILES string of the molecule is C[C@H](N[S@@+]([O-])C(C)(C)C)c1ccc(C(C)(C)C)cc1. The molecule has 1 rings (SSSR count). The van der Waals surface area contributed by atoms with Gasteiger partial charge in [-0.2, -0.15) is 0 Å². The Hall–Kier alpha value is -0.510. The highest BCUT2D eigenvalue weighted by molar-refractivity contribution is 7.90. The predicted molar refractivity (Wildman–Crippen MR) is 84.6 cm³/mol. The molecule has 0 unspecified atom stereocenters. The van der Waals surface area contributed by atoms with E-state index in [0.29, 0.717) is 0 Å². The van der Waals surface area contributed by atoms with Gasteiger partial charge in [0.1, 0.15) is 4.75 Å². The summed E-state index contributed by atoms with van der Waals surface area (Å²) in [7, 11) is 0. The minimum absolute atomic E-state index is 0.0917. The Morgan fingerprint density at radius 1 is 1.00 bits per heavy atom. The topological polar surface area (TPSA) is 35.1 Å². The summed E-state index contributed by atoms with van der Waals surface area (Å²) in [5.74, 6) is 0. The Balaban J connectivity index is 2.76. The van der Waals surface area contributed by atoms with Gasteiger partial charge in [-0.1, -0.05) is 45.0 Å². The van der Waals surface area contributed by atoms with Crippen molar-refractivity contribution in [3.63, 3.8) is 0 Å². The van der Waals surface area contributed by atoms with Crippen LogP contribution in [0, 0.1) is 0 Å². The Bertz CT molecular complexity index is 400. The van der Waals surface area contributed by atoms with E-state index in [1.807, 2.05) is 20.8 Å². The molecule has 1 N–H and O–H groups in total. The van der Waals surface area contributed by atoms with Crippen molar-refractivity contribution < 1.29 is 4.55 Å². The van der Waals surface area contributed by atoms with Crippen molar-refractivity contribution in [1.29, 1.82) is 0 Å². The zero-order valence-electron chi connectivity index (χ0n) is 13.2. The summed E-state index contributed by atoms with van der Waals surface area (Å²) in [6, 6.07) is 8.66. The van der Waals surface area contributed by atoms with E-state index in [-0.39, 0.29) is 16.2 Å². The average Bonchev–Trinajstić information content (AvgIpc) is 2.26. The highest BCUT2D eigenvalue weighted by atomic mass is 32.2. The van der Waals surface area contributed by atoms with Gasteiger partial charge in [0.2, 0.25) is 0 Å². The molecule has 108 valence electrons. The molecule has 0 aromatic heterocycles. The first-order valence-corrected chi connectivity index (χ1v) is 7.95. The van der Waals surface area contributed by atoms with E-state index in [2.05, 4.69) is 56.7 Å². The van der Waals surface area contributed by atoms with Crippen LogP contribution in [0.4, 0.5) is 0 Å². The fourth-order valence-corrected chi connectivity index (χ4v) is 2.49. The highest BCUT2D eigenvalue weighted by Gasteiger charge is 2.28. The maximum atomic E-state index is 12.1. The van der Waals surface area contributed by atoms with Crippen LogP contribution < -0.4 is 4.72 Å². The molecule has 0 aliphatic rings. The maximum absolute atomic E-state index is 12.1. The minimum Gasteiger partial charge on any atom is -0.598 e. The largest absolute Gasteiger partial charge is 0.598 e. The molecule has 0 aliphatic carbocycles. The smallest absolute Gasteiger partial charge is 0.136 e. The van der Waals surface area contributed by atoms with Gasteiger partial charge in [-0.3, -0.25) is 0 Å². The third-order valence-corrected chi connectivity index (χ3v) is 4.80. The Morgan fingerprint density at radius 2 is 1.47 bits per heavy atom. The van der Waals surface area contributed by atoms with Crippen LogP contribution in [0.1, 0.15) is 65.6 Å². The molecular formula is C16H27NOS. The monoisotopic (exact) mass is 281 g/mol. The van der Waals surface area contributed by atoms with Crippen LogP contribution in [-0.2, 0) is 16.8 Å². The van der Waals surface area contributed by atoms with Crippen molar-refractivity contribution in [1.82, 2.24) is 4.72 Å². The van der Waals surface area contributed by atoms with E-state index < -0.39 is 11.4 Å². The number of hydrogen-bond donors (Lipinski definition) is 1. The zero-order valence-corrected chi connectivity index (χ0v) is 14.0. The van der Waals surface area contributed by atoms with Crippen molar-refractivity contribution in [3.05, 3.63) is 35.4 Å². The summed E-state index contributed by atoms with van der Waals surface area (Å²) in [5, 5.41) is 0. The van der Waals surface area contributed by atoms with E-state index in [1.165, 1.54) is 11.1 Å². The molecule has 1 aromatic carbocycles. The predicted octanol–water partition coefficient (Wildman–Crippen LogP) is 4.10. The van der Waals surface area contributed by atoms with Crippen LogP contribution in [0.5, 0.6) is 0 Å². The van der Waals surface area contributed by atoms with E-state index in [0.717, 1.165) is 0 Å². The molecular weight excluding hydrogens is 254 g/mol. The number of hydrogen-bond acceptors (Lipinski definition) is 2. The first-order chi connectivity index (χ1) is 8.51. The van der Waals surface area contributed by atoms with Crippen molar-refractivity contribution in [2.45, 2.75) is 64.7 Å². The van der Waals surface area contributed by atoms with Gasteiger partial charge in [-0.25, -0.2) is 0 Å². The summed E-state index contributed by atoms with van der Waals surface area (Å²) in [4.78, 5) is 0. The van der Waals surface area contributed by atoms with Crippen LogP contribution in [0.3, 0.4) is 0 Å². The van der Waals surface area contributed by atoms with Gasteiger partial charge in [0.15, 0.2) is 0 Å². The molecule has 2 nitrogen and oxygen atoms in total. The van der Waals surface area contributed by atoms with Gasteiger partial charge in [0.25, 0.3) is 0 Å². The van der Waals surface area contributed by atoms with Gasteiger partial charge in [0.05, 0.1) is 6.04 Å². The summed E-state index contributed by atoms with van der Waals surface area (Å²) in [6.07, 6.45) is 0. The molecule has 19 heavy (non-hydrogen) atoms. The Morgan fingerprint density at radius 3 is 1.84 bits per heavy atom. The fraction of sp³-hybridized carbons (Fsp3) is 0.625. The third kappa shape index (κ3) is 4.83. The molecule has 0 saturated heterocycles. The highest BCUT2D eigenvalue weighted by Crippen LogP contribution is 2.25. The molecule has 0 fully saturated rings. The molecule has 2 atom stereocenters. The van der Waals surface area contributed by atoms with Crippen LogP contribution in [0.15, 0.2) is 24.3 Å². The molecule has 0 amide bonds. The zero-order chi connectivity index (χ0) is 14.8. The number of rotatable bonds is 3. The number of benzene rings is 1. The van der Waals surface area contributed by atoms with E-state index >= 15 is 0 Å². The summed E-state index contributed by atoms with van der Waals surface area (Å²) in [5.41, 5.74) is 2.66. The van der Waals surface area contributed by atoms with Crippen LogP contribution in [-0.4, -0.2) is 9.30 Å².